The Morgan fingerprint density at radius 2 is 2.11 bits per heavy atom. The lowest BCUT2D eigenvalue weighted by Crippen LogP contribution is -2.43. The van der Waals surface area contributed by atoms with Gasteiger partial charge in [-0.1, -0.05) is 0 Å². The minimum Gasteiger partial charge on any atom is -0.367 e. The Hall–Kier alpha value is -1.40. The summed E-state index contributed by atoms with van der Waals surface area (Å²) in [7, 11) is 0. The van der Waals surface area contributed by atoms with Gasteiger partial charge in [-0.2, -0.15) is 0 Å². The van der Waals surface area contributed by atoms with Gasteiger partial charge in [-0.3, -0.25) is 0 Å². The highest BCUT2D eigenvalue weighted by atomic mass is 15.3. The number of anilines is 2. The Balaban J connectivity index is 1.68. The summed E-state index contributed by atoms with van der Waals surface area (Å²) < 4.78 is 0. The molecule has 2 atom stereocenters. The van der Waals surface area contributed by atoms with Crippen LogP contribution in [0.5, 0.6) is 0 Å². The second kappa shape index (κ2) is 5.30. The van der Waals surface area contributed by atoms with Crippen LogP contribution in [0, 0.1) is 6.92 Å². The highest BCUT2D eigenvalue weighted by Crippen LogP contribution is 2.29. The molecule has 1 aromatic rings. The first-order valence-corrected chi connectivity index (χ1v) is 7.06. The predicted molar refractivity (Wildman–Crippen MR) is 75.8 cm³/mol. The van der Waals surface area contributed by atoms with Crippen LogP contribution in [0.3, 0.4) is 0 Å². The third-order valence-corrected chi connectivity index (χ3v) is 4.38. The van der Waals surface area contributed by atoms with Crippen LogP contribution >= 0.6 is 0 Å². The Bertz CT molecular complexity index is 449. The average Bonchev–Trinajstić information content (AvgIpc) is 2.88. The van der Waals surface area contributed by atoms with Gasteiger partial charge in [0.2, 0.25) is 0 Å². The van der Waals surface area contributed by atoms with Crippen LogP contribution < -0.4 is 16.6 Å². The van der Waals surface area contributed by atoms with E-state index in [9.17, 15) is 0 Å². The molecule has 104 valence electrons. The third-order valence-electron chi connectivity index (χ3n) is 4.38. The number of nitrogens with zero attached hydrogens (tertiary/aromatic N) is 3. The van der Waals surface area contributed by atoms with Crippen molar-refractivity contribution in [3.63, 3.8) is 0 Å². The fourth-order valence-corrected chi connectivity index (χ4v) is 3.29. The minimum absolute atomic E-state index is 0.513. The van der Waals surface area contributed by atoms with Gasteiger partial charge in [0.25, 0.3) is 0 Å². The van der Waals surface area contributed by atoms with Crippen LogP contribution in [0.4, 0.5) is 11.6 Å². The SMILES string of the molecule is Cc1c(NN)ncnc1NC1CCN2CCCC2C1. The lowest BCUT2D eigenvalue weighted by Gasteiger charge is -2.35. The standard InChI is InChI=1S/C13H22N6/c1-9-12(15-8-16-13(9)18-14)17-10-4-6-19-5-2-3-11(19)7-10/h8,10-11H,2-7,14H2,1H3,(H2,15,16,17,18). The molecule has 0 radical (unpaired) electrons. The number of aromatic nitrogens is 2. The predicted octanol–water partition coefficient (Wildman–Crippen LogP) is 1.11. The Labute approximate surface area is 113 Å². The van der Waals surface area contributed by atoms with E-state index in [4.69, 9.17) is 5.84 Å². The number of hydrogen-bond acceptors (Lipinski definition) is 6. The van der Waals surface area contributed by atoms with E-state index >= 15 is 0 Å². The highest BCUT2D eigenvalue weighted by molar-refractivity contribution is 5.56. The van der Waals surface area contributed by atoms with Crippen LogP contribution in [-0.2, 0) is 0 Å². The molecule has 0 saturated carbocycles. The number of nitrogen functional groups attached to an aromatic ring is 1. The van der Waals surface area contributed by atoms with Gasteiger partial charge in [0.15, 0.2) is 0 Å². The van der Waals surface area contributed by atoms with E-state index in [2.05, 4.69) is 25.6 Å². The van der Waals surface area contributed by atoms with Gasteiger partial charge >= 0.3 is 0 Å². The van der Waals surface area contributed by atoms with Crippen LogP contribution in [0.2, 0.25) is 0 Å². The first-order valence-electron chi connectivity index (χ1n) is 7.06. The zero-order valence-electron chi connectivity index (χ0n) is 11.4. The van der Waals surface area contributed by atoms with Crippen molar-refractivity contribution in [2.45, 2.75) is 44.7 Å². The summed E-state index contributed by atoms with van der Waals surface area (Å²) in [5, 5.41) is 3.56. The molecule has 2 unspecified atom stereocenters. The number of rotatable bonds is 3. The number of hydrogen-bond donors (Lipinski definition) is 3. The van der Waals surface area contributed by atoms with Gasteiger partial charge in [-0.15, -0.1) is 0 Å². The molecule has 0 aromatic carbocycles. The van der Waals surface area contributed by atoms with E-state index < -0.39 is 0 Å². The van der Waals surface area contributed by atoms with Gasteiger partial charge in [0.1, 0.15) is 18.0 Å². The summed E-state index contributed by atoms with van der Waals surface area (Å²) in [6.45, 7) is 4.47. The summed E-state index contributed by atoms with van der Waals surface area (Å²) in [4.78, 5) is 11.1. The van der Waals surface area contributed by atoms with Gasteiger partial charge in [0, 0.05) is 24.2 Å². The molecule has 2 aliphatic rings. The smallest absolute Gasteiger partial charge is 0.148 e. The van der Waals surface area contributed by atoms with Crippen molar-refractivity contribution in [3.8, 4) is 0 Å². The average molecular weight is 262 g/mol. The normalized spacial score (nSPS) is 27.1. The largest absolute Gasteiger partial charge is 0.367 e. The van der Waals surface area contributed by atoms with E-state index in [-0.39, 0.29) is 0 Å². The van der Waals surface area contributed by atoms with Crippen molar-refractivity contribution in [2.75, 3.05) is 23.8 Å². The number of nitrogens with one attached hydrogen (secondary N) is 2. The Morgan fingerprint density at radius 3 is 2.95 bits per heavy atom. The van der Waals surface area contributed by atoms with Crippen LogP contribution in [0.1, 0.15) is 31.2 Å². The molecule has 0 spiro atoms. The summed E-state index contributed by atoms with van der Waals surface area (Å²) in [6.07, 6.45) is 6.65. The molecule has 3 rings (SSSR count). The van der Waals surface area contributed by atoms with Crippen LogP contribution in [-0.4, -0.2) is 40.0 Å². The van der Waals surface area contributed by atoms with Gasteiger partial charge < -0.3 is 15.6 Å². The molecule has 0 amide bonds. The molecule has 6 nitrogen and oxygen atoms in total. The number of piperidine rings is 1. The first-order chi connectivity index (χ1) is 9.28. The number of fused-ring (bicyclic) bond motifs is 1. The highest BCUT2D eigenvalue weighted by Gasteiger charge is 2.31. The molecule has 3 heterocycles. The fourth-order valence-electron chi connectivity index (χ4n) is 3.29. The molecule has 2 fully saturated rings. The van der Waals surface area contributed by atoms with E-state index in [1.165, 1.54) is 38.8 Å². The maximum Gasteiger partial charge on any atom is 0.148 e. The summed E-state index contributed by atoms with van der Waals surface area (Å²) in [6, 6.07) is 1.28. The van der Waals surface area contributed by atoms with E-state index in [1.54, 1.807) is 6.33 Å². The summed E-state index contributed by atoms with van der Waals surface area (Å²) in [5.41, 5.74) is 3.60. The zero-order chi connectivity index (χ0) is 13.2. The van der Waals surface area contributed by atoms with Crippen molar-refractivity contribution >= 4 is 11.6 Å². The molecule has 0 bridgehead atoms. The van der Waals surface area contributed by atoms with Gasteiger partial charge in [-0.25, -0.2) is 15.8 Å². The lowest BCUT2D eigenvalue weighted by atomic mass is 9.97. The molecule has 4 N–H and O–H groups in total. The maximum absolute atomic E-state index is 5.45. The Morgan fingerprint density at radius 1 is 1.26 bits per heavy atom. The minimum atomic E-state index is 0.513. The molecule has 6 heteroatoms. The molecule has 19 heavy (non-hydrogen) atoms. The monoisotopic (exact) mass is 262 g/mol. The number of hydrazine groups is 1. The zero-order valence-corrected chi connectivity index (χ0v) is 11.4. The molecule has 2 aliphatic heterocycles. The molecular formula is C13H22N6. The third kappa shape index (κ3) is 2.50. The second-order valence-corrected chi connectivity index (χ2v) is 5.54. The second-order valence-electron chi connectivity index (χ2n) is 5.54. The van der Waals surface area contributed by atoms with E-state index in [0.717, 1.165) is 17.4 Å². The van der Waals surface area contributed by atoms with Gasteiger partial charge in [-0.05, 0) is 39.2 Å². The molecule has 1 aromatic heterocycles. The van der Waals surface area contributed by atoms with Crippen molar-refractivity contribution in [3.05, 3.63) is 11.9 Å². The topological polar surface area (TPSA) is 79.1 Å². The van der Waals surface area contributed by atoms with Crippen LogP contribution in [0.25, 0.3) is 0 Å². The van der Waals surface area contributed by atoms with E-state index in [1.807, 2.05) is 6.92 Å². The van der Waals surface area contributed by atoms with Crippen LogP contribution in [0.15, 0.2) is 6.33 Å². The molecule has 0 aliphatic carbocycles. The summed E-state index contributed by atoms with van der Waals surface area (Å²) in [5.74, 6) is 7.04. The van der Waals surface area contributed by atoms with Crippen molar-refractivity contribution < 1.29 is 0 Å². The first kappa shape index (κ1) is 12.6. The van der Waals surface area contributed by atoms with E-state index in [0.29, 0.717) is 11.9 Å². The van der Waals surface area contributed by atoms with Crippen molar-refractivity contribution in [1.82, 2.24) is 14.9 Å². The lowest BCUT2D eigenvalue weighted by molar-refractivity contribution is 0.188. The number of nitrogens with two attached hydrogens (primary N) is 1. The van der Waals surface area contributed by atoms with Crippen molar-refractivity contribution in [1.29, 1.82) is 0 Å². The summed E-state index contributed by atoms with van der Waals surface area (Å²) >= 11 is 0. The van der Waals surface area contributed by atoms with Crippen molar-refractivity contribution in [2.24, 2.45) is 5.84 Å². The fraction of sp³-hybridized carbons (Fsp3) is 0.692. The quantitative estimate of drug-likeness (QED) is 0.559. The van der Waals surface area contributed by atoms with Gasteiger partial charge in [0.05, 0.1) is 0 Å². The maximum atomic E-state index is 5.45. The molecule has 2 saturated heterocycles. The molecular weight excluding hydrogens is 240 g/mol. The Kier molecular flexibility index (Phi) is 3.52.